The molecule has 0 aromatic rings. The fourth-order valence-corrected chi connectivity index (χ4v) is 1.10. The van der Waals surface area contributed by atoms with E-state index in [2.05, 4.69) is 12.2 Å². The first-order valence-corrected chi connectivity index (χ1v) is 5.13. The Morgan fingerprint density at radius 2 is 2.14 bits per heavy atom. The van der Waals surface area contributed by atoms with Gasteiger partial charge in [-0.05, 0) is 19.9 Å². The van der Waals surface area contributed by atoms with Crippen LogP contribution < -0.4 is 5.32 Å². The van der Waals surface area contributed by atoms with Gasteiger partial charge < -0.3 is 15.2 Å². The molecule has 4 heteroatoms. The molecule has 0 saturated carbocycles. The second-order valence-electron chi connectivity index (χ2n) is 3.57. The Bertz CT molecular complexity index is 173. The molecule has 0 aliphatic heterocycles. The Hall–Kier alpha value is -0.610. The third-order valence-electron chi connectivity index (χ3n) is 2.07. The number of carbonyl (C=O) groups is 1. The number of nitrogens with one attached hydrogen (secondary N) is 1. The molecule has 0 amide bonds. The van der Waals surface area contributed by atoms with Crippen molar-refractivity contribution >= 4 is 5.97 Å². The van der Waals surface area contributed by atoms with Gasteiger partial charge in [0.05, 0.1) is 6.61 Å². The van der Waals surface area contributed by atoms with Gasteiger partial charge in [-0.3, -0.25) is 4.79 Å². The number of carboxylic acids is 1. The summed E-state index contributed by atoms with van der Waals surface area (Å²) in [6, 6.07) is 0. The van der Waals surface area contributed by atoms with Crippen LogP contribution in [0.3, 0.4) is 0 Å². The molecule has 0 heterocycles. The molecule has 1 atom stereocenters. The molecule has 0 fully saturated rings. The Labute approximate surface area is 85.6 Å². The predicted octanol–water partition coefficient (Wildman–Crippen LogP) is 1.26. The molecular weight excluding hydrogens is 182 g/mol. The highest BCUT2D eigenvalue weighted by Crippen LogP contribution is 2.05. The van der Waals surface area contributed by atoms with E-state index >= 15 is 0 Å². The molecule has 0 saturated heterocycles. The molecule has 0 rings (SSSR count). The maximum atomic E-state index is 10.9. The number of unbranched alkanes of at least 4 members (excludes halogenated alkanes) is 1. The molecule has 0 aromatic heterocycles. The SMILES string of the molecule is CCCCOCC(C)(NCC)C(=O)O. The van der Waals surface area contributed by atoms with Crippen LogP contribution in [-0.4, -0.2) is 36.4 Å². The smallest absolute Gasteiger partial charge is 0.326 e. The predicted molar refractivity (Wildman–Crippen MR) is 55.4 cm³/mol. The zero-order chi connectivity index (χ0) is 11.0. The van der Waals surface area contributed by atoms with Crippen LogP contribution in [-0.2, 0) is 9.53 Å². The summed E-state index contributed by atoms with van der Waals surface area (Å²) in [7, 11) is 0. The van der Waals surface area contributed by atoms with E-state index in [1.165, 1.54) is 0 Å². The molecule has 2 N–H and O–H groups in total. The van der Waals surface area contributed by atoms with Crippen LogP contribution in [0.25, 0.3) is 0 Å². The molecular formula is C10H21NO3. The van der Waals surface area contributed by atoms with E-state index in [-0.39, 0.29) is 6.61 Å². The third-order valence-corrected chi connectivity index (χ3v) is 2.07. The molecule has 0 spiro atoms. The van der Waals surface area contributed by atoms with Gasteiger partial charge in [-0.25, -0.2) is 0 Å². The van der Waals surface area contributed by atoms with Gasteiger partial charge in [0.2, 0.25) is 0 Å². The van der Waals surface area contributed by atoms with Gasteiger partial charge in [-0.15, -0.1) is 0 Å². The summed E-state index contributed by atoms with van der Waals surface area (Å²) in [6.07, 6.45) is 2.03. The zero-order valence-corrected chi connectivity index (χ0v) is 9.30. The second kappa shape index (κ2) is 6.79. The first-order chi connectivity index (χ1) is 6.56. The summed E-state index contributed by atoms with van der Waals surface area (Å²) in [5.74, 6) is -0.865. The fraction of sp³-hybridized carbons (Fsp3) is 0.900. The average molecular weight is 203 g/mol. The van der Waals surface area contributed by atoms with Crippen molar-refractivity contribution in [3.8, 4) is 0 Å². The third kappa shape index (κ3) is 4.58. The lowest BCUT2D eigenvalue weighted by molar-refractivity contribution is -0.146. The van der Waals surface area contributed by atoms with Crippen molar-refractivity contribution in [1.82, 2.24) is 5.32 Å². The minimum Gasteiger partial charge on any atom is -0.480 e. The van der Waals surface area contributed by atoms with Gasteiger partial charge in [-0.1, -0.05) is 20.3 Å². The molecule has 0 aromatic carbocycles. The van der Waals surface area contributed by atoms with E-state index in [0.717, 1.165) is 12.8 Å². The van der Waals surface area contributed by atoms with E-state index in [9.17, 15) is 4.79 Å². The van der Waals surface area contributed by atoms with E-state index < -0.39 is 11.5 Å². The minimum atomic E-state index is -0.956. The van der Waals surface area contributed by atoms with Crippen LogP contribution in [0.15, 0.2) is 0 Å². The molecule has 0 aliphatic carbocycles. The summed E-state index contributed by atoms with van der Waals surface area (Å²) >= 11 is 0. The maximum Gasteiger partial charge on any atom is 0.326 e. The lowest BCUT2D eigenvalue weighted by atomic mass is 10.0. The van der Waals surface area contributed by atoms with E-state index in [4.69, 9.17) is 9.84 Å². The van der Waals surface area contributed by atoms with Crippen LogP contribution in [0.1, 0.15) is 33.6 Å². The number of likely N-dealkylation sites (N-methyl/N-ethyl adjacent to an activating group) is 1. The van der Waals surface area contributed by atoms with Crippen molar-refractivity contribution in [3.63, 3.8) is 0 Å². The number of rotatable bonds is 8. The second-order valence-corrected chi connectivity index (χ2v) is 3.57. The van der Waals surface area contributed by atoms with Crippen LogP contribution >= 0.6 is 0 Å². The summed E-state index contributed by atoms with van der Waals surface area (Å²) in [5.41, 5.74) is -0.956. The number of carboxylic acid groups (broad SMARTS) is 1. The van der Waals surface area contributed by atoms with Gasteiger partial charge in [0, 0.05) is 6.61 Å². The Kier molecular flexibility index (Phi) is 6.49. The van der Waals surface area contributed by atoms with Gasteiger partial charge in [0.25, 0.3) is 0 Å². The van der Waals surface area contributed by atoms with Gasteiger partial charge in [0.15, 0.2) is 0 Å². The largest absolute Gasteiger partial charge is 0.480 e. The first-order valence-electron chi connectivity index (χ1n) is 5.13. The fourth-order valence-electron chi connectivity index (χ4n) is 1.10. The molecule has 0 radical (unpaired) electrons. The number of ether oxygens (including phenoxy) is 1. The maximum absolute atomic E-state index is 10.9. The first kappa shape index (κ1) is 13.4. The van der Waals surface area contributed by atoms with Crippen LogP contribution in [0, 0.1) is 0 Å². The normalized spacial score (nSPS) is 15.1. The lowest BCUT2D eigenvalue weighted by Crippen LogP contribution is -2.53. The average Bonchev–Trinajstić information content (AvgIpc) is 2.13. The Balaban J connectivity index is 3.90. The van der Waals surface area contributed by atoms with Crippen molar-refractivity contribution in [2.75, 3.05) is 19.8 Å². The number of hydrogen-bond donors (Lipinski definition) is 2. The Morgan fingerprint density at radius 1 is 1.50 bits per heavy atom. The highest BCUT2D eigenvalue weighted by atomic mass is 16.5. The highest BCUT2D eigenvalue weighted by molar-refractivity contribution is 5.78. The molecule has 84 valence electrons. The van der Waals surface area contributed by atoms with Crippen LogP contribution in [0.4, 0.5) is 0 Å². The summed E-state index contributed by atoms with van der Waals surface area (Å²) in [4.78, 5) is 10.9. The van der Waals surface area contributed by atoms with E-state index in [0.29, 0.717) is 13.2 Å². The molecule has 0 aliphatic rings. The highest BCUT2D eigenvalue weighted by Gasteiger charge is 2.32. The molecule has 1 unspecified atom stereocenters. The van der Waals surface area contributed by atoms with Crippen LogP contribution in [0.2, 0.25) is 0 Å². The summed E-state index contributed by atoms with van der Waals surface area (Å²) in [6.45, 7) is 7.07. The molecule has 14 heavy (non-hydrogen) atoms. The van der Waals surface area contributed by atoms with Crippen molar-refractivity contribution in [1.29, 1.82) is 0 Å². The lowest BCUT2D eigenvalue weighted by Gasteiger charge is -2.25. The summed E-state index contributed by atoms with van der Waals surface area (Å²) < 4.78 is 5.31. The van der Waals surface area contributed by atoms with Crippen molar-refractivity contribution in [2.24, 2.45) is 0 Å². The number of aliphatic carboxylic acids is 1. The Morgan fingerprint density at radius 3 is 2.57 bits per heavy atom. The van der Waals surface area contributed by atoms with E-state index in [1.54, 1.807) is 6.92 Å². The topological polar surface area (TPSA) is 58.6 Å². The quantitative estimate of drug-likeness (QED) is 0.583. The van der Waals surface area contributed by atoms with Crippen molar-refractivity contribution in [3.05, 3.63) is 0 Å². The van der Waals surface area contributed by atoms with Gasteiger partial charge in [0.1, 0.15) is 5.54 Å². The van der Waals surface area contributed by atoms with Crippen LogP contribution in [0.5, 0.6) is 0 Å². The minimum absolute atomic E-state index is 0.218. The monoisotopic (exact) mass is 203 g/mol. The molecule has 0 bridgehead atoms. The van der Waals surface area contributed by atoms with Crippen molar-refractivity contribution in [2.45, 2.75) is 39.2 Å². The van der Waals surface area contributed by atoms with E-state index in [1.807, 2.05) is 6.92 Å². The van der Waals surface area contributed by atoms with Crippen molar-refractivity contribution < 1.29 is 14.6 Å². The summed E-state index contributed by atoms with van der Waals surface area (Å²) in [5, 5.41) is 11.9. The van der Waals surface area contributed by atoms with Gasteiger partial charge in [-0.2, -0.15) is 0 Å². The van der Waals surface area contributed by atoms with Gasteiger partial charge >= 0.3 is 5.97 Å². The number of hydrogen-bond acceptors (Lipinski definition) is 3. The molecule has 4 nitrogen and oxygen atoms in total. The zero-order valence-electron chi connectivity index (χ0n) is 9.30. The standard InChI is InChI=1S/C10H21NO3/c1-4-6-7-14-8-10(3,9(12)13)11-5-2/h11H,4-8H2,1-3H3,(H,12,13).